The first kappa shape index (κ1) is 19.1. The molecule has 4 rings (SSSR count). The van der Waals surface area contributed by atoms with E-state index in [1.165, 1.54) is 16.7 Å². The minimum absolute atomic E-state index is 0. The molecule has 2 aromatic carbocycles. The lowest BCUT2D eigenvalue weighted by molar-refractivity contribution is 0.143. The second-order valence-corrected chi connectivity index (χ2v) is 6.17. The van der Waals surface area contributed by atoms with Crippen LogP contribution in [-0.2, 0) is 0 Å². The maximum atomic E-state index is 5.46. The fraction of sp³-hybridized carbons (Fsp3) is 0.368. The second kappa shape index (κ2) is 8.21. The molecule has 0 spiro atoms. The summed E-state index contributed by atoms with van der Waals surface area (Å²) in [4.78, 5) is 2.62. The number of piperazine rings is 1. The Bertz CT molecular complexity index is 666. The molecule has 0 aliphatic carbocycles. The van der Waals surface area contributed by atoms with Crippen molar-refractivity contribution in [2.75, 3.05) is 33.3 Å². The second-order valence-electron chi connectivity index (χ2n) is 6.17. The molecule has 1 N–H and O–H groups in total. The van der Waals surface area contributed by atoms with Crippen molar-refractivity contribution < 1.29 is 4.74 Å². The van der Waals surface area contributed by atoms with E-state index in [9.17, 15) is 0 Å². The summed E-state index contributed by atoms with van der Waals surface area (Å²) in [5.41, 5.74) is 4.29. The molecule has 0 amide bonds. The summed E-state index contributed by atoms with van der Waals surface area (Å²) >= 11 is 0. The molecule has 2 aliphatic heterocycles. The highest BCUT2D eigenvalue weighted by atomic mass is 35.5. The van der Waals surface area contributed by atoms with E-state index in [0.29, 0.717) is 12.0 Å². The van der Waals surface area contributed by atoms with Gasteiger partial charge in [0, 0.05) is 38.1 Å². The van der Waals surface area contributed by atoms with Crippen molar-refractivity contribution in [2.24, 2.45) is 0 Å². The van der Waals surface area contributed by atoms with E-state index in [2.05, 4.69) is 58.7 Å². The van der Waals surface area contributed by atoms with Gasteiger partial charge >= 0.3 is 0 Å². The number of ether oxygens (including phenoxy) is 1. The van der Waals surface area contributed by atoms with Crippen LogP contribution in [0.4, 0.5) is 0 Å². The Balaban J connectivity index is 0.00000104. The van der Waals surface area contributed by atoms with Crippen LogP contribution in [-0.4, -0.2) is 38.2 Å². The van der Waals surface area contributed by atoms with Crippen molar-refractivity contribution in [1.82, 2.24) is 10.2 Å². The van der Waals surface area contributed by atoms with E-state index < -0.39 is 0 Å². The van der Waals surface area contributed by atoms with Gasteiger partial charge in [-0.1, -0.05) is 36.4 Å². The number of hydrogen-bond donors (Lipinski definition) is 1. The van der Waals surface area contributed by atoms with Crippen molar-refractivity contribution >= 4 is 24.8 Å². The van der Waals surface area contributed by atoms with Gasteiger partial charge in [0.2, 0.25) is 0 Å². The van der Waals surface area contributed by atoms with Gasteiger partial charge in [0.1, 0.15) is 5.75 Å². The molecule has 2 aromatic rings. The van der Waals surface area contributed by atoms with Crippen molar-refractivity contribution in [1.29, 1.82) is 0 Å². The topological polar surface area (TPSA) is 24.5 Å². The Labute approximate surface area is 156 Å². The molecule has 1 saturated heterocycles. The quantitative estimate of drug-likeness (QED) is 0.877. The lowest BCUT2D eigenvalue weighted by Crippen LogP contribution is -2.50. The summed E-state index contributed by atoms with van der Waals surface area (Å²) in [6.45, 7) is 4.33. The Kier molecular flexibility index (Phi) is 6.53. The molecule has 24 heavy (non-hydrogen) atoms. The van der Waals surface area contributed by atoms with Crippen LogP contribution in [0.5, 0.6) is 5.75 Å². The number of rotatable bonds is 2. The maximum absolute atomic E-state index is 5.46. The molecule has 0 unspecified atom stereocenters. The molecule has 2 atom stereocenters. The van der Waals surface area contributed by atoms with Gasteiger partial charge in [-0.05, 0) is 28.8 Å². The van der Waals surface area contributed by atoms with Gasteiger partial charge in [0.05, 0.1) is 7.11 Å². The van der Waals surface area contributed by atoms with Crippen LogP contribution >= 0.6 is 24.8 Å². The predicted octanol–water partition coefficient (Wildman–Crippen LogP) is 3.63. The number of hydrogen-bond acceptors (Lipinski definition) is 3. The Morgan fingerprint density at radius 1 is 1.04 bits per heavy atom. The average Bonchev–Trinajstić information content (AvgIpc) is 2.61. The molecule has 1 fully saturated rings. The van der Waals surface area contributed by atoms with Crippen LogP contribution in [0.25, 0.3) is 0 Å². The molecule has 2 heterocycles. The number of methoxy groups -OCH3 is 1. The molecule has 3 nitrogen and oxygen atoms in total. The Morgan fingerprint density at radius 3 is 2.58 bits per heavy atom. The van der Waals surface area contributed by atoms with Gasteiger partial charge < -0.3 is 10.1 Å². The zero-order valence-electron chi connectivity index (χ0n) is 13.8. The van der Waals surface area contributed by atoms with Gasteiger partial charge in [0.15, 0.2) is 0 Å². The lowest BCUT2D eigenvalue weighted by atomic mass is 9.80. The molecule has 0 aromatic heterocycles. The predicted molar refractivity (Wildman–Crippen MR) is 103 cm³/mol. The summed E-state index contributed by atoms with van der Waals surface area (Å²) in [5.74, 6) is 1.41. The lowest BCUT2D eigenvalue weighted by Gasteiger charge is -2.44. The first-order valence-electron chi connectivity index (χ1n) is 8.04. The van der Waals surface area contributed by atoms with E-state index in [4.69, 9.17) is 4.74 Å². The van der Waals surface area contributed by atoms with E-state index in [0.717, 1.165) is 31.9 Å². The Morgan fingerprint density at radius 2 is 1.83 bits per heavy atom. The van der Waals surface area contributed by atoms with E-state index >= 15 is 0 Å². The third-order valence-electron chi connectivity index (χ3n) is 5.00. The SMILES string of the molecule is COc1ccc2c(c1)[C@@H]1CNCCN1C[C@H]2c1ccccc1.Cl.Cl. The van der Waals surface area contributed by atoms with Crippen molar-refractivity contribution in [2.45, 2.75) is 12.0 Å². The first-order chi connectivity index (χ1) is 10.9. The molecule has 0 bridgehead atoms. The minimum atomic E-state index is 0. The van der Waals surface area contributed by atoms with Crippen LogP contribution in [0.1, 0.15) is 28.7 Å². The van der Waals surface area contributed by atoms with Gasteiger partial charge in [-0.2, -0.15) is 0 Å². The van der Waals surface area contributed by atoms with Crippen LogP contribution in [0.2, 0.25) is 0 Å². The molecular weight excluding hydrogens is 343 g/mol. The third-order valence-corrected chi connectivity index (χ3v) is 5.00. The van der Waals surface area contributed by atoms with Crippen molar-refractivity contribution in [3.05, 3.63) is 65.2 Å². The fourth-order valence-corrected chi connectivity index (χ4v) is 3.86. The largest absolute Gasteiger partial charge is 0.497 e. The number of nitrogens with zero attached hydrogens (tertiary/aromatic N) is 1. The van der Waals surface area contributed by atoms with Gasteiger partial charge in [-0.3, -0.25) is 4.90 Å². The van der Waals surface area contributed by atoms with Crippen LogP contribution in [0.3, 0.4) is 0 Å². The van der Waals surface area contributed by atoms with Gasteiger partial charge in [0.25, 0.3) is 0 Å². The van der Waals surface area contributed by atoms with Crippen molar-refractivity contribution in [3.63, 3.8) is 0 Å². The highest BCUT2D eigenvalue weighted by molar-refractivity contribution is 5.85. The van der Waals surface area contributed by atoms with Crippen molar-refractivity contribution in [3.8, 4) is 5.75 Å². The standard InChI is InChI=1S/C19H22N2O.2ClH/c1-22-15-7-8-16-17(11-15)19-12-20-9-10-21(19)13-18(16)14-5-3-2-4-6-14;;/h2-8,11,18-20H,9-10,12-13H2,1H3;2*1H/t18-,19-;;/m0../s1. The zero-order valence-corrected chi connectivity index (χ0v) is 15.4. The van der Waals surface area contributed by atoms with Gasteiger partial charge in [-0.15, -0.1) is 24.8 Å². The van der Waals surface area contributed by atoms with E-state index in [-0.39, 0.29) is 24.8 Å². The molecule has 0 radical (unpaired) electrons. The number of halogens is 2. The summed E-state index contributed by atoms with van der Waals surface area (Å²) in [7, 11) is 1.75. The average molecular weight is 367 g/mol. The summed E-state index contributed by atoms with van der Waals surface area (Å²) in [6, 6.07) is 17.9. The monoisotopic (exact) mass is 366 g/mol. The normalized spacial score (nSPS) is 22.4. The summed E-state index contributed by atoms with van der Waals surface area (Å²) in [6.07, 6.45) is 0. The van der Waals surface area contributed by atoms with Crippen LogP contribution in [0, 0.1) is 0 Å². The first-order valence-corrected chi connectivity index (χ1v) is 8.04. The number of nitrogens with one attached hydrogen (secondary N) is 1. The van der Waals surface area contributed by atoms with Crippen LogP contribution in [0.15, 0.2) is 48.5 Å². The van der Waals surface area contributed by atoms with Gasteiger partial charge in [-0.25, -0.2) is 0 Å². The Hall–Kier alpha value is -1.26. The highest BCUT2D eigenvalue weighted by Crippen LogP contribution is 2.41. The maximum Gasteiger partial charge on any atom is 0.119 e. The molecular formula is C19H24Cl2N2O. The zero-order chi connectivity index (χ0) is 14.9. The number of benzene rings is 2. The minimum Gasteiger partial charge on any atom is -0.497 e. The fourth-order valence-electron chi connectivity index (χ4n) is 3.86. The van der Waals surface area contributed by atoms with Crippen LogP contribution < -0.4 is 10.1 Å². The smallest absolute Gasteiger partial charge is 0.119 e. The summed E-state index contributed by atoms with van der Waals surface area (Å²) in [5, 5.41) is 3.53. The van der Waals surface area contributed by atoms with E-state index in [1.54, 1.807) is 7.11 Å². The molecule has 0 saturated carbocycles. The molecule has 130 valence electrons. The molecule has 2 aliphatic rings. The van der Waals surface area contributed by atoms with E-state index in [1.807, 2.05) is 0 Å². The number of fused-ring (bicyclic) bond motifs is 3. The summed E-state index contributed by atoms with van der Waals surface area (Å²) < 4.78 is 5.46. The third kappa shape index (κ3) is 3.40. The highest BCUT2D eigenvalue weighted by Gasteiger charge is 2.35. The molecule has 5 heteroatoms.